The summed E-state index contributed by atoms with van der Waals surface area (Å²) in [4.78, 5) is 14.6. The standard InChI is InChI=1S/C17H21N5OS/c23-16-6-13-2-1-3-14(13)20-22(16)9-11-7-21(8-11)10-15-18-19-17(24-15)12-4-5-12/h6,11-12H,1-5,7-10H2. The maximum atomic E-state index is 12.2. The molecular weight excluding hydrogens is 322 g/mol. The van der Waals surface area contributed by atoms with E-state index in [1.807, 2.05) is 0 Å². The molecule has 0 atom stereocenters. The van der Waals surface area contributed by atoms with E-state index in [0.717, 1.165) is 61.7 Å². The molecule has 0 amide bonds. The molecule has 2 fully saturated rings. The molecule has 0 N–H and O–H groups in total. The van der Waals surface area contributed by atoms with E-state index >= 15 is 0 Å². The van der Waals surface area contributed by atoms with Crippen molar-refractivity contribution in [2.24, 2.45) is 5.92 Å². The Morgan fingerprint density at radius 2 is 2.08 bits per heavy atom. The molecular formula is C17H21N5OS. The van der Waals surface area contributed by atoms with E-state index in [-0.39, 0.29) is 5.56 Å². The van der Waals surface area contributed by atoms with Gasteiger partial charge in [-0.25, -0.2) is 4.68 Å². The van der Waals surface area contributed by atoms with Gasteiger partial charge in [0.2, 0.25) is 0 Å². The molecule has 3 heterocycles. The summed E-state index contributed by atoms with van der Waals surface area (Å²) in [7, 11) is 0. The molecule has 0 unspecified atom stereocenters. The summed E-state index contributed by atoms with van der Waals surface area (Å²) in [5.41, 5.74) is 2.36. The molecule has 0 aromatic carbocycles. The lowest BCUT2D eigenvalue weighted by Gasteiger charge is -2.38. The fourth-order valence-corrected chi connectivity index (χ4v) is 4.81. The number of likely N-dealkylation sites (tertiary alicyclic amines) is 1. The van der Waals surface area contributed by atoms with Crippen molar-refractivity contribution < 1.29 is 0 Å². The maximum absolute atomic E-state index is 12.2. The lowest BCUT2D eigenvalue weighted by atomic mass is 10.0. The minimum atomic E-state index is 0.0623. The number of hydrogen-bond acceptors (Lipinski definition) is 6. The first-order valence-corrected chi connectivity index (χ1v) is 9.71. The van der Waals surface area contributed by atoms with Gasteiger partial charge >= 0.3 is 0 Å². The lowest BCUT2D eigenvalue weighted by Crippen LogP contribution is -2.49. The average molecular weight is 343 g/mol. The number of hydrogen-bond donors (Lipinski definition) is 0. The van der Waals surface area contributed by atoms with E-state index in [1.165, 1.54) is 17.8 Å². The summed E-state index contributed by atoms with van der Waals surface area (Å²) in [6.45, 7) is 3.67. The zero-order valence-corrected chi connectivity index (χ0v) is 14.5. The highest BCUT2D eigenvalue weighted by Crippen LogP contribution is 2.41. The van der Waals surface area contributed by atoms with E-state index in [9.17, 15) is 4.79 Å². The van der Waals surface area contributed by atoms with Crippen LogP contribution in [0.5, 0.6) is 0 Å². The summed E-state index contributed by atoms with van der Waals surface area (Å²) in [6.07, 6.45) is 5.73. The third kappa shape index (κ3) is 2.80. The van der Waals surface area contributed by atoms with Crippen LogP contribution >= 0.6 is 11.3 Å². The van der Waals surface area contributed by atoms with Gasteiger partial charge in [0.15, 0.2) is 0 Å². The Kier molecular flexibility index (Phi) is 3.52. The minimum absolute atomic E-state index is 0.0623. The Hall–Kier alpha value is -1.60. The van der Waals surface area contributed by atoms with E-state index in [0.29, 0.717) is 11.8 Å². The van der Waals surface area contributed by atoms with Crippen LogP contribution in [0.1, 0.15) is 46.5 Å². The zero-order chi connectivity index (χ0) is 16.1. The third-order valence-corrected chi connectivity index (χ3v) is 6.33. The minimum Gasteiger partial charge on any atom is -0.296 e. The van der Waals surface area contributed by atoms with Crippen molar-refractivity contribution in [3.63, 3.8) is 0 Å². The highest BCUT2D eigenvalue weighted by molar-refractivity contribution is 7.11. The fraction of sp³-hybridized carbons (Fsp3) is 0.647. The molecule has 1 saturated heterocycles. The van der Waals surface area contributed by atoms with Gasteiger partial charge in [-0.3, -0.25) is 9.69 Å². The first-order valence-electron chi connectivity index (χ1n) is 8.89. The average Bonchev–Trinajstić information content (AvgIpc) is 3.11. The van der Waals surface area contributed by atoms with Crippen molar-refractivity contribution in [2.75, 3.05) is 13.1 Å². The van der Waals surface area contributed by atoms with Crippen LogP contribution in [0.15, 0.2) is 10.9 Å². The quantitative estimate of drug-likeness (QED) is 0.825. The number of rotatable bonds is 5. The molecule has 1 aliphatic heterocycles. The molecule has 126 valence electrons. The van der Waals surface area contributed by atoms with Gasteiger partial charge in [-0.1, -0.05) is 11.3 Å². The van der Waals surface area contributed by atoms with Gasteiger partial charge in [-0.05, 0) is 37.7 Å². The molecule has 5 rings (SSSR count). The van der Waals surface area contributed by atoms with E-state index < -0.39 is 0 Å². The van der Waals surface area contributed by atoms with Crippen molar-refractivity contribution in [3.05, 3.63) is 37.7 Å². The van der Waals surface area contributed by atoms with Gasteiger partial charge in [0, 0.05) is 31.0 Å². The van der Waals surface area contributed by atoms with Gasteiger partial charge in [-0.2, -0.15) is 5.10 Å². The van der Waals surface area contributed by atoms with Gasteiger partial charge in [-0.15, -0.1) is 10.2 Å². The van der Waals surface area contributed by atoms with Gasteiger partial charge < -0.3 is 0 Å². The van der Waals surface area contributed by atoms with Gasteiger partial charge in [0.25, 0.3) is 5.56 Å². The van der Waals surface area contributed by atoms with Crippen molar-refractivity contribution in [3.8, 4) is 0 Å². The van der Waals surface area contributed by atoms with Crippen LogP contribution in [0.2, 0.25) is 0 Å². The summed E-state index contributed by atoms with van der Waals surface area (Å²) in [6, 6.07) is 1.80. The van der Waals surface area contributed by atoms with Crippen LogP contribution in [-0.4, -0.2) is 38.0 Å². The molecule has 2 aromatic rings. The summed E-state index contributed by atoms with van der Waals surface area (Å²) in [5, 5.41) is 15.6. The van der Waals surface area contributed by atoms with Crippen molar-refractivity contribution in [1.82, 2.24) is 24.9 Å². The van der Waals surface area contributed by atoms with Gasteiger partial charge in [0.05, 0.1) is 18.8 Å². The summed E-state index contributed by atoms with van der Waals surface area (Å²) >= 11 is 1.77. The lowest BCUT2D eigenvalue weighted by molar-refractivity contribution is 0.0762. The van der Waals surface area contributed by atoms with E-state index in [2.05, 4.69) is 20.2 Å². The molecule has 0 bridgehead atoms. The van der Waals surface area contributed by atoms with Crippen LogP contribution in [0, 0.1) is 5.92 Å². The number of fused-ring (bicyclic) bond motifs is 1. The zero-order valence-electron chi connectivity index (χ0n) is 13.6. The smallest absolute Gasteiger partial charge is 0.267 e. The van der Waals surface area contributed by atoms with Crippen LogP contribution in [0.3, 0.4) is 0 Å². The first-order chi connectivity index (χ1) is 11.7. The van der Waals surface area contributed by atoms with Crippen LogP contribution in [-0.2, 0) is 25.9 Å². The second-order valence-corrected chi connectivity index (χ2v) is 8.45. The third-order valence-electron chi connectivity index (χ3n) is 5.26. The molecule has 2 aliphatic carbocycles. The largest absolute Gasteiger partial charge is 0.296 e. The van der Waals surface area contributed by atoms with Crippen LogP contribution in [0.4, 0.5) is 0 Å². The topological polar surface area (TPSA) is 63.9 Å². The number of aromatic nitrogens is 4. The van der Waals surface area contributed by atoms with Crippen LogP contribution in [0.25, 0.3) is 0 Å². The number of aryl methyl sites for hydroxylation is 2. The highest BCUT2D eigenvalue weighted by atomic mass is 32.1. The Labute approximate surface area is 144 Å². The maximum Gasteiger partial charge on any atom is 0.267 e. The molecule has 7 heteroatoms. The SMILES string of the molecule is O=c1cc2c(nn1CC1CN(Cc3nnc(C4CC4)s3)C1)CCC2. The highest BCUT2D eigenvalue weighted by Gasteiger charge is 2.31. The summed E-state index contributed by atoms with van der Waals surface area (Å²) < 4.78 is 1.68. The van der Waals surface area contributed by atoms with Crippen molar-refractivity contribution in [1.29, 1.82) is 0 Å². The molecule has 24 heavy (non-hydrogen) atoms. The van der Waals surface area contributed by atoms with E-state index in [1.54, 1.807) is 22.1 Å². The Morgan fingerprint density at radius 3 is 2.92 bits per heavy atom. The Morgan fingerprint density at radius 1 is 1.21 bits per heavy atom. The van der Waals surface area contributed by atoms with Crippen molar-refractivity contribution in [2.45, 2.75) is 51.1 Å². The van der Waals surface area contributed by atoms with E-state index in [4.69, 9.17) is 0 Å². The molecule has 0 spiro atoms. The molecule has 1 saturated carbocycles. The normalized spacial score (nSPS) is 21.0. The monoisotopic (exact) mass is 343 g/mol. The Bertz CT molecular complexity index is 819. The van der Waals surface area contributed by atoms with Crippen molar-refractivity contribution >= 4 is 11.3 Å². The van der Waals surface area contributed by atoms with Crippen LogP contribution < -0.4 is 5.56 Å². The summed E-state index contributed by atoms with van der Waals surface area (Å²) in [5.74, 6) is 1.21. The predicted octanol–water partition coefficient (Wildman–Crippen LogP) is 1.59. The molecule has 0 radical (unpaired) electrons. The Balaban J connectivity index is 1.17. The first kappa shape index (κ1) is 14.7. The second-order valence-electron chi connectivity index (χ2n) is 7.36. The second kappa shape index (κ2) is 5.74. The molecule has 3 aliphatic rings. The fourth-order valence-electron chi connectivity index (χ4n) is 3.75. The molecule has 6 nitrogen and oxygen atoms in total. The predicted molar refractivity (Wildman–Crippen MR) is 91.2 cm³/mol. The van der Waals surface area contributed by atoms with Gasteiger partial charge in [0.1, 0.15) is 10.0 Å². The number of nitrogens with zero attached hydrogens (tertiary/aromatic N) is 5. The molecule has 2 aromatic heterocycles.